The van der Waals surface area contributed by atoms with Crippen LogP contribution in [-0.2, 0) is 12.3 Å². The molecule has 0 saturated heterocycles. The Bertz CT molecular complexity index is 1330. The number of para-hydroxylation sites is 2. The lowest BCUT2D eigenvalue weighted by Gasteiger charge is -2.12. The summed E-state index contributed by atoms with van der Waals surface area (Å²) in [4.78, 5) is 25.9. The number of hydrogen-bond acceptors (Lipinski definition) is 5. The van der Waals surface area contributed by atoms with Crippen molar-refractivity contribution in [2.24, 2.45) is 0 Å². The number of hydrogen-bond donors (Lipinski definition) is 1. The van der Waals surface area contributed by atoms with Crippen LogP contribution in [-0.4, -0.2) is 19.5 Å². The smallest absolute Gasteiger partial charge is 0.272 e. The Morgan fingerprint density at radius 2 is 1.86 bits per heavy atom. The molecular formula is C22H18N4OS2. The van der Waals surface area contributed by atoms with Gasteiger partial charge in [-0.2, -0.15) is 0 Å². The van der Waals surface area contributed by atoms with Crippen LogP contribution in [0.1, 0.15) is 17.0 Å². The minimum absolute atomic E-state index is 0.0117. The van der Waals surface area contributed by atoms with Crippen LogP contribution in [0.2, 0.25) is 0 Å². The maximum Gasteiger partial charge on any atom is 0.272 e. The third kappa shape index (κ3) is 3.59. The van der Waals surface area contributed by atoms with Gasteiger partial charge in [-0.3, -0.25) is 9.36 Å². The fourth-order valence-corrected chi connectivity index (χ4v) is 4.90. The Balaban J connectivity index is 1.50. The van der Waals surface area contributed by atoms with Gasteiger partial charge in [0.2, 0.25) is 0 Å². The van der Waals surface area contributed by atoms with Crippen molar-refractivity contribution < 1.29 is 0 Å². The third-order valence-corrected chi connectivity index (χ3v) is 6.65. The number of nitrogens with one attached hydrogen (secondary N) is 1. The standard InChI is InChI=1S/C22H18N4OS2/c1-14-6-8-15(9-7-14)12-26-21(27)20-18(10-11-28-20)25-22(26)29-13-19-23-16-4-2-3-5-17(16)24-19/h2-11H,12-13H2,1H3,(H,23,24). The molecule has 0 saturated carbocycles. The summed E-state index contributed by atoms with van der Waals surface area (Å²) >= 11 is 2.98. The minimum Gasteiger partial charge on any atom is -0.341 e. The number of aryl methyl sites for hydroxylation is 1. The van der Waals surface area contributed by atoms with E-state index in [2.05, 4.69) is 41.2 Å². The molecule has 0 unspecified atom stereocenters. The molecule has 0 radical (unpaired) electrons. The first kappa shape index (κ1) is 18.1. The number of imidazole rings is 1. The Kier molecular flexibility index (Phi) is 4.69. The molecule has 7 heteroatoms. The van der Waals surface area contributed by atoms with Gasteiger partial charge in [-0.25, -0.2) is 9.97 Å². The highest BCUT2D eigenvalue weighted by Crippen LogP contribution is 2.25. The molecule has 0 aliphatic heterocycles. The Hall–Kier alpha value is -2.90. The van der Waals surface area contributed by atoms with E-state index in [-0.39, 0.29) is 5.56 Å². The lowest BCUT2D eigenvalue weighted by atomic mass is 10.1. The Morgan fingerprint density at radius 3 is 2.69 bits per heavy atom. The summed E-state index contributed by atoms with van der Waals surface area (Å²) in [5.74, 6) is 1.49. The SMILES string of the molecule is Cc1ccc(Cn2c(SCc3nc4ccccc4[nH]3)nc3ccsc3c2=O)cc1. The molecule has 5 nitrogen and oxygen atoms in total. The van der Waals surface area contributed by atoms with Crippen LogP contribution >= 0.6 is 23.1 Å². The zero-order valence-electron chi connectivity index (χ0n) is 15.8. The van der Waals surface area contributed by atoms with Crippen molar-refractivity contribution in [2.45, 2.75) is 24.4 Å². The second kappa shape index (κ2) is 7.50. The number of thiophene rings is 1. The van der Waals surface area contributed by atoms with Crippen LogP contribution in [0.25, 0.3) is 21.3 Å². The van der Waals surface area contributed by atoms with Crippen LogP contribution in [0.4, 0.5) is 0 Å². The fourth-order valence-electron chi connectivity index (χ4n) is 3.26. The first-order valence-corrected chi connectivity index (χ1v) is 11.1. The van der Waals surface area contributed by atoms with E-state index >= 15 is 0 Å². The summed E-state index contributed by atoms with van der Waals surface area (Å²) in [5, 5.41) is 2.63. The average molecular weight is 419 g/mol. The highest BCUT2D eigenvalue weighted by Gasteiger charge is 2.14. The van der Waals surface area contributed by atoms with Gasteiger partial charge in [0.05, 0.1) is 28.8 Å². The van der Waals surface area contributed by atoms with Crippen molar-refractivity contribution in [3.8, 4) is 0 Å². The zero-order chi connectivity index (χ0) is 19.8. The van der Waals surface area contributed by atoms with Gasteiger partial charge >= 0.3 is 0 Å². The van der Waals surface area contributed by atoms with E-state index in [1.807, 2.05) is 35.7 Å². The number of H-pyrrole nitrogens is 1. The number of nitrogens with zero attached hydrogens (tertiary/aromatic N) is 3. The Labute approximate surface area is 175 Å². The maximum atomic E-state index is 13.1. The van der Waals surface area contributed by atoms with Gasteiger partial charge in [0.15, 0.2) is 5.16 Å². The van der Waals surface area contributed by atoms with Gasteiger partial charge in [0.1, 0.15) is 10.5 Å². The lowest BCUT2D eigenvalue weighted by Crippen LogP contribution is -2.23. The number of rotatable bonds is 5. The highest BCUT2D eigenvalue weighted by molar-refractivity contribution is 7.98. The molecular weight excluding hydrogens is 400 g/mol. The fraction of sp³-hybridized carbons (Fsp3) is 0.136. The summed E-state index contributed by atoms with van der Waals surface area (Å²) in [6.07, 6.45) is 0. The predicted octanol–water partition coefficient (Wildman–Crippen LogP) is 4.98. The van der Waals surface area contributed by atoms with E-state index in [0.29, 0.717) is 22.2 Å². The van der Waals surface area contributed by atoms with Crippen LogP contribution < -0.4 is 5.56 Å². The van der Waals surface area contributed by atoms with Crippen molar-refractivity contribution in [1.29, 1.82) is 0 Å². The average Bonchev–Trinajstić information content (AvgIpc) is 3.36. The molecule has 2 aromatic carbocycles. The van der Waals surface area contributed by atoms with Gasteiger partial charge in [-0.1, -0.05) is 53.7 Å². The van der Waals surface area contributed by atoms with Crippen LogP contribution in [0.3, 0.4) is 0 Å². The van der Waals surface area contributed by atoms with E-state index in [4.69, 9.17) is 4.98 Å². The summed E-state index contributed by atoms with van der Waals surface area (Å²) in [7, 11) is 0. The minimum atomic E-state index is 0.0117. The van der Waals surface area contributed by atoms with Crippen molar-refractivity contribution in [2.75, 3.05) is 0 Å². The molecule has 0 aliphatic carbocycles. The van der Waals surface area contributed by atoms with E-state index < -0.39 is 0 Å². The second-order valence-electron chi connectivity index (χ2n) is 6.90. The number of benzene rings is 2. The van der Waals surface area contributed by atoms with Gasteiger partial charge in [0, 0.05) is 0 Å². The molecule has 0 aliphatic rings. The first-order valence-electron chi connectivity index (χ1n) is 9.27. The van der Waals surface area contributed by atoms with Gasteiger partial charge in [-0.15, -0.1) is 11.3 Å². The van der Waals surface area contributed by atoms with Gasteiger partial charge in [0.25, 0.3) is 5.56 Å². The van der Waals surface area contributed by atoms with E-state index in [1.54, 1.807) is 4.57 Å². The molecule has 1 N–H and O–H groups in total. The zero-order valence-corrected chi connectivity index (χ0v) is 17.4. The van der Waals surface area contributed by atoms with Crippen molar-refractivity contribution >= 4 is 44.3 Å². The van der Waals surface area contributed by atoms with Crippen LogP contribution in [0, 0.1) is 6.92 Å². The van der Waals surface area contributed by atoms with Crippen molar-refractivity contribution in [3.63, 3.8) is 0 Å². The molecule has 5 rings (SSSR count). The normalized spacial score (nSPS) is 11.5. The summed E-state index contributed by atoms with van der Waals surface area (Å²) in [6, 6.07) is 18.1. The number of aromatic nitrogens is 4. The van der Waals surface area contributed by atoms with Gasteiger partial charge in [-0.05, 0) is 36.1 Å². The van der Waals surface area contributed by atoms with Crippen LogP contribution in [0.5, 0.6) is 0 Å². The Morgan fingerprint density at radius 1 is 1.03 bits per heavy atom. The largest absolute Gasteiger partial charge is 0.341 e. The molecule has 0 bridgehead atoms. The third-order valence-electron chi connectivity index (χ3n) is 4.77. The number of thioether (sulfide) groups is 1. The van der Waals surface area contributed by atoms with E-state index in [1.165, 1.54) is 28.7 Å². The topological polar surface area (TPSA) is 63.6 Å². The summed E-state index contributed by atoms with van der Waals surface area (Å²) in [5.41, 5.74) is 5.01. The van der Waals surface area contributed by atoms with Crippen molar-refractivity contribution in [3.05, 3.63) is 87.3 Å². The maximum absolute atomic E-state index is 13.1. The monoisotopic (exact) mass is 418 g/mol. The molecule has 0 fully saturated rings. The first-order chi connectivity index (χ1) is 14.2. The number of fused-ring (bicyclic) bond motifs is 2. The molecule has 3 aromatic heterocycles. The highest BCUT2D eigenvalue weighted by atomic mass is 32.2. The molecule has 29 heavy (non-hydrogen) atoms. The molecule has 0 amide bonds. The molecule has 0 spiro atoms. The van der Waals surface area contributed by atoms with Gasteiger partial charge < -0.3 is 4.98 Å². The van der Waals surface area contributed by atoms with Crippen molar-refractivity contribution in [1.82, 2.24) is 19.5 Å². The predicted molar refractivity (Wildman–Crippen MR) is 120 cm³/mol. The van der Waals surface area contributed by atoms with E-state index in [0.717, 1.165) is 27.9 Å². The molecule has 144 valence electrons. The van der Waals surface area contributed by atoms with E-state index in [9.17, 15) is 4.79 Å². The molecule has 5 aromatic rings. The van der Waals surface area contributed by atoms with Crippen LogP contribution in [0.15, 0.2) is 69.9 Å². The summed E-state index contributed by atoms with van der Waals surface area (Å²) in [6.45, 7) is 2.56. The molecule has 3 heterocycles. The molecule has 0 atom stereocenters. The number of aromatic amines is 1. The second-order valence-corrected chi connectivity index (χ2v) is 8.75. The quantitative estimate of drug-likeness (QED) is 0.323. The summed E-state index contributed by atoms with van der Waals surface area (Å²) < 4.78 is 2.47. The lowest BCUT2D eigenvalue weighted by molar-refractivity contribution is 0.659.